The number of carbonyl (C=O) groups excluding carboxylic acids is 1. The van der Waals surface area contributed by atoms with Gasteiger partial charge < -0.3 is 25.0 Å². The summed E-state index contributed by atoms with van der Waals surface area (Å²) >= 11 is 6.43. The van der Waals surface area contributed by atoms with Crippen molar-refractivity contribution in [3.8, 4) is 11.5 Å². The van der Waals surface area contributed by atoms with Crippen LogP contribution in [-0.4, -0.2) is 61.0 Å². The van der Waals surface area contributed by atoms with Gasteiger partial charge in [-0.15, -0.1) is 12.4 Å². The van der Waals surface area contributed by atoms with Crippen LogP contribution >= 0.6 is 24.0 Å². The largest absolute Gasteiger partial charge is 0.493 e. The first-order chi connectivity index (χ1) is 17.0. The molecule has 5 rings (SSSR count). The van der Waals surface area contributed by atoms with Gasteiger partial charge in [-0.3, -0.25) is 4.79 Å². The van der Waals surface area contributed by atoms with Crippen molar-refractivity contribution in [3.63, 3.8) is 0 Å². The Labute approximate surface area is 221 Å². The van der Waals surface area contributed by atoms with Gasteiger partial charge in [-0.1, -0.05) is 29.8 Å². The number of nitrogens with zero attached hydrogens (tertiary/aromatic N) is 4. The second-order valence-corrected chi connectivity index (χ2v) is 9.24. The summed E-state index contributed by atoms with van der Waals surface area (Å²) in [5.74, 6) is 2.41. The van der Waals surface area contributed by atoms with E-state index in [1.54, 1.807) is 26.4 Å². The second-order valence-electron chi connectivity index (χ2n) is 8.84. The summed E-state index contributed by atoms with van der Waals surface area (Å²) in [7, 11) is 3.18. The topological polar surface area (TPSA) is 93.8 Å². The highest BCUT2D eigenvalue weighted by Crippen LogP contribution is 2.37. The summed E-state index contributed by atoms with van der Waals surface area (Å²) in [5.41, 5.74) is 9.10. The molecule has 36 heavy (non-hydrogen) atoms. The number of methoxy groups -OCH3 is 2. The number of ketones is 1. The first-order valence-corrected chi connectivity index (χ1v) is 12.0. The van der Waals surface area contributed by atoms with Crippen molar-refractivity contribution in [1.82, 2.24) is 14.9 Å². The van der Waals surface area contributed by atoms with E-state index < -0.39 is 0 Å². The number of anilines is 2. The van der Waals surface area contributed by atoms with E-state index in [2.05, 4.69) is 14.8 Å². The van der Waals surface area contributed by atoms with Crippen LogP contribution in [0.4, 0.5) is 11.8 Å². The van der Waals surface area contributed by atoms with E-state index in [1.165, 1.54) is 0 Å². The average molecular weight is 530 g/mol. The summed E-state index contributed by atoms with van der Waals surface area (Å²) in [5, 5.41) is 1.44. The number of nitrogens with two attached hydrogens (primary N) is 1. The van der Waals surface area contributed by atoms with E-state index in [0.29, 0.717) is 35.2 Å². The third-order valence-electron chi connectivity index (χ3n) is 6.76. The van der Waals surface area contributed by atoms with Crippen molar-refractivity contribution in [1.29, 1.82) is 0 Å². The molecule has 1 aliphatic heterocycles. The molecule has 0 spiro atoms. The van der Waals surface area contributed by atoms with E-state index in [4.69, 9.17) is 31.8 Å². The first-order valence-electron chi connectivity index (χ1n) is 11.6. The van der Waals surface area contributed by atoms with Crippen molar-refractivity contribution in [2.24, 2.45) is 0 Å². The maximum Gasteiger partial charge on any atom is 0.228 e. The number of allylic oxidation sites excluding steroid dienone is 2. The molecule has 10 heteroatoms. The van der Waals surface area contributed by atoms with Crippen LogP contribution in [0.5, 0.6) is 11.5 Å². The predicted octanol–water partition coefficient (Wildman–Crippen LogP) is 4.46. The fraction of sp³-hybridized carbons (Fsp3) is 0.346. The smallest absolute Gasteiger partial charge is 0.228 e. The molecule has 0 saturated carbocycles. The zero-order valence-corrected chi connectivity index (χ0v) is 21.8. The number of piperazine rings is 1. The molecule has 1 aromatic heterocycles. The molecule has 1 aliphatic carbocycles. The van der Waals surface area contributed by atoms with Gasteiger partial charge in [-0.2, -0.15) is 4.98 Å². The van der Waals surface area contributed by atoms with Gasteiger partial charge in [0.15, 0.2) is 17.3 Å². The molecule has 0 bridgehead atoms. The van der Waals surface area contributed by atoms with Crippen molar-refractivity contribution in [2.75, 3.05) is 51.0 Å². The Balaban J connectivity index is 0.00000304. The number of benzene rings is 2. The van der Waals surface area contributed by atoms with Gasteiger partial charge in [0.05, 0.1) is 19.7 Å². The number of halogens is 2. The molecule has 2 aromatic carbocycles. The van der Waals surface area contributed by atoms with Gasteiger partial charge >= 0.3 is 0 Å². The van der Waals surface area contributed by atoms with Gasteiger partial charge in [0.2, 0.25) is 5.95 Å². The standard InChI is InChI=1S/C26H28ClN5O3.ClH/c1-34-23-14-20-22(15-24(23)35-2)29-26(30-25(20)28)32-9-7-31(8-10-32)17-11-16(12-18(33)13-17)19-5-3-4-6-21(19)27;/h3-6,13-16H,7-12H2,1-2H3,(H2,28,29,30);1H. The summed E-state index contributed by atoms with van der Waals surface area (Å²) in [6, 6.07) is 11.4. The van der Waals surface area contributed by atoms with Crippen molar-refractivity contribution in [2.45, 2.75) is 18.8 Å². The number of hydrogen-bond donors (Lipinski definition) is 1. The third kappa shape index (κ3) is 5.01. The lowest BCUT2D eigenvalue weighted by Crippen LogP contribution is -2.47. The summed E-state index contributed by atoms with van der Waals surface area (Å²) in [6.45, 7) is 2.98. The normalized spacial score (nSPS) is 18.0. The summed E-state index contributed by atoms with van der Waals surface area (Å²) < 4.78 is 10.8. The van der Waals surface area contributed by atoms with Crippen LogP contribution in [0.3, 0.4) is 0 Å². The Hall–Kier alpha value is -3.23. The highest BCUT2D eigenvalue weighted by Gasteiger charge is 2.29. The SMILES string of the molecule is COc1cc2nc(N3CCN(C4=CC(=O)CC(c5ccccc5Cl)C4)CC3)nc(N)c2cc1OC.Cl. The Morgan fingerprint density at radius 1 is 0.972 bits per heavy atom. The Bertz CT molecular complexity index is 1310. The van der Waals surface area contributed by atoms with E-state index in [0.717, 1.165) is 54.3 Å². The number of nitrogen functional groups attached to an aromatic ring is 1. The lowest BCUT2D eigenvalue weighted by Gasteiger charge is -2.39. The predicted molar refractivity (Wildman–Crippen MR) is 145 cm³/mol. The minimum absolute atomic E-state index is 0. The molecule has 1 fully saturated rings. The van der Waals surface area contributed by atoms with Crippen LogP contribution in [-0.2, 0) is 4.79 Å². The number of hydrogen-bond acceptors (Lipinski definition) is 8. The zero-order valence-electron chi connectivity index (χ0n) is 20.2. The molecule has 2 heterocycles. The van der Waals surface area contributed by atoms with Crippen molar-refractivity contribution >= 4 is 52.5 Å². The number of aromatic nitrogens is 2. The first kappa shape index (κ1) is 25.9. The number of carbonyl (C=O) groups is 1. The van der Waals surface area contributed by atoms with Gasteiger partial charge in [0.25, 0.3) is 0 Å². The van der Waals surface area contributed by atoms with Crippen LogP contribution in [0.25, 0.3) is 10.9 Å². The van der Waals surface area contributed by atoms with Gasteiger partial charge in [-0.05, 0) is 30.0 Å². The van der Waals surface area contributed by atoms with Crippen LogP contribution in [0, 0.1) is 0 Å². The van der Waals surface area contributed by atoms with Crippen LogP contribution < -0.4 is 20.1 Å². The van der Waals surface area contributed by atoms with E-state index in [9.17, 15) is 4.79 Å². The maximum absolute atomic E-state index is 12.5. The lowest BCUT2D eigenvalue weighted by molar-refractivity contribution is -0.115. The fourth-order valence-electron chi connectivity index (χ4n) is 4.92. The average Bonchev–Trinajstić information content (AvgIpc) is 2.88. The molecule has 190 valence electrons. The number of rotatable bonds is 5. The minimum Gasteiger partial charge on any atom is -0.493 e. The van der Waals surface area contributed by atoms with E-state index in [-0.39, 0.29) is 24.1 Å². The monoisotopic (exact) mass is 529 g/mol. The Morgan fingerprint density at radius 2 is 1.64 bits per heavy atom. The second kappa shape index (κ2) is 10.8. The summed E-state index contributed by atoms with van der Waals surface area (Å²) in [4.78, 5) is 26.3. The van der Waals surface area contributed by atoms with Gasteiger partial charge in [-0.25, -0.2) is 4.98 Å². The zero-order chi connectivity index (χ0) is 24.5. The fourth-order valence-corrected chi connectivity index (χ4v) is 5.21. The number of ether oxygens (including phenoxy) is 2. The molecule has 1 atom stereocenters. The molecule has 1 saturated heterocycles. The molecular formula is C26H29Cl2N5O3. The highest BCUT2D eigenvalue weighted by atomic mass is 35.5. The molecule has 2 aliphatic rings. The van der Waals surface area contributed by atoms with Crippen LogP contribution in [0.15, 0.2) is 48.2 Å². The van der Waals surface area contributed by atoms with Crippen molar-refractivity contribution in [3.05, 3.63) is 58.8 Å². The maximum atomic E-state index is 12.5. The van der Waals surface area contributed by atoms with Crippen LogP contribution in [0.2, 0.25) is 5.02 Å². The summed E-state index contributed by atoms with van der Waals surface area (Å²) in [6.07, 6.45) is 3.09. The number of fused-ring (bicyclic) bond motifs is 1. The molecule has 2 N–H and O–H groups in total. The van der Waals surface area contributed by atoms with Gasteiger partial charge in [0, 0.05) is 60.8 Å². The quantitative estimate of drug-likeness (QED) is 0.517. The third-order valence-corrected chi connectivity index (χ3v) is 7.11. The molecular weight excluding hydrogens is 501 g/mol. The van der Waals surface area contributed by atoms with E-state index >= 15 is 0 Å². The highest BCUT2D eigenvalue weighted by molar-refractivity contribution is 6.31. The lowest BCUT2D eigenvalue weighted by atomic mass is 9.85. The van der Waals surface area contributed by atoms with Crippen molar-refractivity contribution < 1.29 is 14.3 Å². The molecule has 8 nitrogen and oxygen atoms in total. The van der Waals surface area contributed by atoms with E-state index in [1.807, 2.05) is 30.3 Å². The molecule has 0 radical (unpaired) electrons. The van der Waals surface area contributed by atoms with Crippen LogP contribution in [0.1, 0.15) is 24.3 Å². The molecule has 0 amide bonds. The van der Waals surface area contributed by atoms with Gasteiger partial charge in [0.1, 0.15) is 5.82 Å². The minimum atomic E-state index is 0. The Morgan fingerprint density at radius 3 is 2.33 bits per heavy atom. The molecule has 3 aromatic rings. The Kier molecular flexibility index (Phi) is 7.76. The molecule has 1 unspecified atom stereocenters.